The molecule has 19 heavy (non-hydrogen) atoms. The van der Waals surface area contributed by atoms with Gasteiger partial charge in [0.1, 0.15) is 0 Å². The topological polar surface area (TPSA) is 95.2 Å². The van der Waals surface area contributed by atoms with Crippen molar-refractivity contribution < 1.29 is 9.45 Å². The van der Waals surface area contributed by atoms with Gasteiger partial charge in [-0.3, -0.25) is 10.1 Å². The number of nitrogens with two attached hydrogens (primary N) is 1. The molecular weight excluding hydrogens is 270 g/mol. The van der Waals surface area contributed by atoms with E-state index in [1.165, 1.54) is 12.1 Å². The largest absolute Gasteiger partial charge is 0.381 e. The summed E-state index contributed by atoms with van der Waals surface area (Å²) in [5.74, 6) is 0.740. The minimum Gasteiger partial charge on any atom is -0.381 e. The number of anilines is 1. The maximum absolute atomic E-state index is 10.8. The van der Waals surface area contributed by atoms with Gasteiger partial charge in [-0.2, -0.15) is 0 Å². The molecule has 0 fully saturated rings. The summed E-state index contributed by atoms with van der Waals surface area (Å²) in [7, 11) is 0. The monoisotopic (exact) mass is 281 g/mol. The van der Waals surface area contributed by atoms with Crippen molar-refractivity contribution in [2.75, 3.05) is 5.73 Å². The van der Waals surface area contributed by atoms with Crippen molar-refractivity contribution >= 4 is 23.1 Å². The number of benzene rings is 1. The Morgan fingerprint density at radius 3 is 2.84 bits per heavy atom. The average molecular weight is 282 g/mol. The van der Waals surface area contributed by atoms with Crippen LogP contribution in [0.4, 0.5) is 11.5 Å². The molecule has 7 heteroatoms. The molecule has 2 aromatic rings. The molecule has 0 radical (unpaired) electrons. The predicted octanol–water partition coefficient (Wildman–Crippen LogP) is 3.44. The lowest BCUT2D eigenvalue weighted by Gasteiger charge is -2.02. The van der Waals surface area contributed by atoms with Crippen molar-refractivity contribution in [3.05, 3.63) is 38.9 Å². The number of nitro benzene ring substituents is 1. The zero-order valence-corrected chi connectivity index (χ0v) is 11.0. The number of rotatable bonds is 4. The third kappa shape index (κ3) is 2.68. The highest BCUT2D eigenvalue weighted by Gasteiger charge is 2.18. The fourth-order valence-electron chi connectivity index (χ4n) is 1.85. The Bertz CT molecular complexity index is 625. The second-order valence-electron chi connectivity index (χ2n) is 4.08. The van der Waals surface area contributed by atoms with Gasteiger partial charge in [-0.25, -0.2) is 0 Å². The standard InChI is InChI=1S/C12H12ClN3O3/c1-2-3-10-11(19-15-12(10)14)7-4-8(13)6-9(5-7)16(17)18/h4-6H,2-3H2,1H3,(H2,14,15). The first-order valence-corrected chi connectivity index (χ1v) is 6.10. The first-order chi connectivity index (χ1) is 9.02. The normalized spacial score (nSPS) is 10.6. The first-order valence-electron chi connectivity index (χ1n) is 5.72. The Kier molecular flexibility index (Phi) is 3.71. The highest BCUT2D eigenvalue weighted by molar-refractivity contribution is 6.31. The molecular formula is C12H12ClN3O3. The average Bonchev–Trinajstić information content (AvgIpc) is 2.71. The molecule has 1 aromatic carbocycles. The molecule has 6 nitrogen and oxygen atoms in total. The number of nitrogens with zero attached hydrogens (tertiary/aromatic N) is 2. The van der Waals surface area contributed by atoms with Gasteiger partial charge < -0.3 is 10.3 Å². The fourth-order valence-corrected chi connectivity index (χ4v) is 2.08. The zero-order chi connectivity index (χ0) is 14.0. The van der Waals surface area contributed by atoms with E-state index in [1.807, 2.05) is 6.92 Å². The Labute approximate surface area is 114 Å². The van der Waals surface area contributed by atoms with Crippen molar-refractivity contribution in [3.8, 4) is 11.3 Å². The summed E-state index contributed by atoms with van der Waals surface area (Å²) in [6.07, 6.45) is 1.55. The molecule has 0 bridgehead atoms. The highest BCUT2D eigenvalue weighted by atomic mass is 35.5. The third-order valence-corrected chi connectivity index (χ3v) is 2.89. The molecule has 0 unspecified atom stereocenters. The van der Waals surface area contributed by atoms with Crippen LogP contribution in [0, 0.1) is 10.1 Å². The summed E-state index contributed by atoms with van der Waals surface area (Å²) in [4.78, 5) is 10.3. The lowest BCUT2D eigenvalue weighted by atomic mass is 10.0. The van der Waals surface area contributed by atoms with Crippen LogP contribution in [0.3, 0.4) is 0 Å². The number of halogens is 1. The lowest BCUT2D eigenvalue weighted by molar-refractivity contribution is -0.384. The number of nitrogen functional groups attached to an aromatic ring is 1. The molecule has 2 N–H and O–H groups in total. The summed E-state index contributed by atoms with van der Waals surface area (Å²) < 4.78 is 5.17. The molecule has 0 amide bonds. The van der Waals surface area contributed by atoms with E-state index < -0.39 is 4.92 Å². The summed E-state index contributed by atoms with van der Waals surface area (Å²) in [5.41, 5.74) is 6.89. The van der Waals surface area contributed by atoms with Crippen LogP contribution >= 0.6 is 11.6 Å². The van der Waals surface area contributed by atoms with Crippen LogP contribution in [0.1, 0.15) is 18.9 Å². The van der Waals surface area contributed by atoms with E-state index >= 15 is 0 Å². The van der Waals surface area contributed by atoms with Crippen molar-refractivity contribution in [3.63, 3.8) is 0 Å². The minimum atomic E-state index is -0.505. The van der Waals surface area contributed by atoms with E-state index in [-0.39, 0.29) is 10.7 Å². The van der Waals surface area contributed by atoms with Crippen LogP contribution in [0.5, 0.6) is 0 Å². The van der Waals surface area contributed by atoms with Crippen molar-refractivity contribution in [1.29, 1.82) is 0 Å². The maximum atomic E-state index is 10.8. The molecule has 100 valence electrons. The Morgan fingerprint density at radius 1 is 1.47 bits per heavy atom. The van der Waals surface area contributed by atoms with Crippen molar-refractivity contribution in [2.24, 2.45) is 0 Å². The Morgan fingerprint density at radius 2 is 2.21 bits per heavy atom. The van der Waals surface area contributed by atoms with Crippen LogP contribution in [0.2, 0.25) is 5.02 Å². The molecule has 0 spiro atoms. The van der Waals surface area contributed by atoms with Gasteiger partial charge in [-0.15, -0.1) is 0 Å². The molecule has 0 aliphatic rings. The van der Waals surface area contributed by atoms with Gasteiger partial charge in [-0.1, -0.05) is 30.1 Å². The first kappa shape index (κ1) is 13.4. The number of aromatic nitrogens is 1. The van der Waals surface area contributed by atoms with Gasteiger partial charge in [0.2, 0.25) is 0 Å². The molecule has 0 aliphatic heterocycles. The Hall–Kier alpha value is -2.08. The second kappa shape index (κ2) is 5.27. The molecule has 0 saturated carbocycles. The van der Waals surface area contributed by atoms with Gasteiger partial charge in [0.05, 0.1) is 4.92 Å². The van der Waals surface area contributed by atoms with Gasteiger partial charge >= 0.3 is 0 Å². The number of nitro groups is 1. The quantitative estimate of drug-likeness (QED) is 0.684. The lowest BCUT2D eigenvalue weighted by Crippen LogP contribution is -1.93. The van der Waals surface area contributed by atoms with Crippen LogP contribution in [-0.2, 0) is 6.42 Å². The van der Waals surface area contributed by atoms with E-state index in [9.17, 15) is 10.1 Å². The van der Waals surface area contributed by atoms with Gasteiger partial charge in [0.25, 0.3) is 5.69 Å². The summed E-state index contributed by atoms with van der Waals surface area (Å²) >= 11 is 5.88. The SMILES string of the molecule is CCCc1c(N)noc1-c1cc(Cl)cc([N+](=O)[O-])c1. The number of non-ortho nitro benzene ring substituents is 1. The van der Waals surface area contributed by atoms with Gasteiger partial charge in [0, 0.05) is 28.3 Å². The van der Waals surface area contributed by atoms with Gasteiger partial charge in [-0.05, 0) is 12.5 Å². The van der Waals surface area contributed by atoms with E-state index in [2.05, 4.69) is 5.16 Å². The molecule has 0 aliphatic carbocycles. The Balaban J connectivity index is 2.55. The summed E-state index contributed by atoms with van der Waals surface area (Å²) in [6, 6.07) is 4.27. The summed E-state index contributed by atoms with van der Waals surface area (Å²) in [6.45, 7) is 2.00. The maximum Gasteiger partial charge on any atom is 0.271 e. The molecule has 1 aromatic heterocycles. The van der Waals surface area contributed by atoms with E-state index in [0.29, 0.717) is 23.6 Å². The van der Waals surface area contributed by atoms with Crippen molar-refractivity contribution in [2.45, 2.75) is 19.8 Å². The van der Waals surface area contributed by atoms with Crippen molar-refractivity contribution in [1.82, 2.24) is 5.16 Å². The zero-order valence-electron chi connectivity index (χ0n) is 10.2. The smallest absolute Gasteiger partial charge is 0.271 e. The fraction of sp³-hybridized carbons (Fsp3) is 0.250. The molecule has 0 atom stereocenters. The van der Waals surface area contributed by atoms with E-state index in [4.69, 9.17) is 21.9 Å². The second-order valence-corrected chi connectivity index (χ2v) is 4.52. The van der Waals surface area contributed by atoms with E-state index in [0.717, 1.165) is 12.0 Å². The molecule has 1 heterocycles. The van der Waals surface area contributed by atoms with E-state index in [1.54, 1.807) is 6.07 Å². The summed E-state index contributed by atoms with van der Waals surface area (Å²) in [5, 5.41) is 14.8. The molecule has 0 saturated heterocycles. The molecule has 2 rings (SSSR count). The third-order valence-electron chi connectivity index (χ3n) is 2.67. The predicted molar refractivity (Wildman–Crippen MR) is 72.0 cm³/mol. The van der Waals surface area contributed by atoms with Crippen LogP contribution in [0.25, 0.3) is 11.3 Å². The van der Waals surface area contributed by atoms with Crippen LogP contribution < -0.4 is 5.73 Å². The van der Waals surface area contributed by atoms with Gasteiger partial charge in [0.15, 0.2) is 11.6 Å². The van der Waals surface area contributed by atoms with Crippen LogP contribution in [-0.4, -0.2) is 10.1 Å². The number of hydrogen-bond acceptors (Lipinski definition) is 5. The highest BCUT2D eigenvalue weighted by Crippen LogP contribution is 2.33. The number of hydrogen-bond donors (Lipinski definition) is 1. The minimum absolute atomic E-state index is 0.0973. The van der Waals surface area contributed by atoms with Crippen LogP contribution in [0.15, 0.2) is 22.7 Å².